The predicted molar refractivity (Wildman–Crippen MR) is 42.3 cm³/mol. The van der Waals surface area contributed by atoms with Gasteiger partial charge in [0.25, 0.3) is 0 Å². The average molecular weight is 139 g/mol. The third-order valence-electron chi connectivity index (χ3n) is 1.15. The predicted octanol–water partition coefficient (Wildman–Crippen LogP) is 1.99. The Labute approximate surface area is 58.8 Å². The molecule has 0 atom stereocenters. The number of hydrogen-bond donors (Lipinski definition) is 1. The molecule has 1 aromatic rings. The zero-order chi connectivity index (χ0) is 6.69. The van der Waals surface area contributed by atoms with E-state index in [2.05, 4.69) is 18.4 Å². The molecule has 0 radical (unpaired) electrons. The maximum absolute atomic E-state index is 5.21. The Morgan fingerprint density at radius 3 is 2.89 bits per heavy atom. The normalized spacial score (nSPS) is 10.8. The van der Waals surface area contributed by atoms with Crippen LogP contribution in [0.5, 0.6) is 0 Å². The summed E-state index contributed by atoms with van der Waals surface area (Å²) in [5, 5.41) is 2.06. The first kappa shape index (κ1) is 6.36. The van der Waals surface area contributed by atoms with Crippen LogP contribution in [0.2, 0.25) is 0 Å². The molecule has 0 unspecified atom stereocenters. The fourth-order valence-electron chi connectivity index (χ4n) is 0.643. The van der Waals surface area contributed by atoms with E-state index in [1.807, 2.05) is 6.08 Å². The lowest BCUT2D eigenvalue weighted by Crippen LogP contribution is -1.75. The van der Waals surface area contributed by atoms with Gasteiger partial charge < -0.3 is 5.73 Å². The molecular formula is C7H9NS. The fourth-order valence-corrected chi connectivity index (χ4v) is 1.47. The van der Waals surface area contributed by atoms with Crippen LogP contribution in [-0.2, 0) is 0 Å². The van der Waals surface area contributed by atoms with Gasteiger partial charge in [0.2, 0.25) is 0 Å². The molecule has 0 saturated heterocycles. The molecule has 1 nitrogen and oxygen atoms in total. The van der Waals surface area contributed by atoms with Crippen molar-refractivity contribution in [2.45, 2.75) is 6.92 Å². The monoisotopic (exact) mass is 139 g/mol. The molecule has 0 spiro atoms. The Morgan fingerprint density at radius 1 is 1.67 bits per heavy atom. The van der Waals surface area contributed by atoms with Gasteiger partial charge in [-0.15, -0.1) is 11.3 Å². The molecule has 1 aromatic heterocycles. The molecule has 0 amide bonds. The Bertz CT molecular complexity index is 212. The minimum absolute atomic E-state index is 1.25. The second-order valence-electron chi connectivity index (χ2n) is 1.83. The molecule has 1 rings (SSSR count). The Kier molecular flexibility index (Phi) is 1.90. The van der Waals surface area contributed by atoms with Gasteiger partial charge in [-0.3, -0.25) is 0 Å². The lowest BCUT2D eigenvalue weighted by Gasteiger charge is -1.84. The summed E-state index contributed by atoms with van der Waals surface area (Å²) in [6.45, 7) is 2.08. The highest BCUT2D eigenvalue weighted by Crippen LogP contribution is 2.15. The van der Waals surface area contributed by atoms with Crippen LogP contribution in [0.4, 0.5) is 0 Å². The number of aryl methyl sites for hydroxylation is 1. The van der Waals surface area contributed by atoms with Crippen molar-refractivity contribution in [1.29, 1.82) is 0 Å². The van der Waals surface area contributed by atoms with E-state index < -0.39 is 0 Å². The van der Waals surface area contributed by atoms with E-state index in [1.54, 1.807) is 17.5 Å². The van der Waals surface area contributed by atoms with Gasteiger partial charge in [0.05, 0.1) is 0 Å². The summed E-state index contributed by atoms with van der Waals surface area (Å²) in [4.78, 5) is 1.25. The summed E-state index contributed by atoms with van der Waals surface area (Å²) >= 11 is 1.71. The molecule has 0 aliphatic rings. The summed E-state index contributed by atoms with van der Waals surface area (Å²) < 4.78 is 0. The minimum atomic E-state index is 1.25. The molecule has 0 bridgehead atoms. The van der Waals surface area contributed by atoms with Crippen molar-refractivity contribution in [3.05, 3.63) is 28.1 Å². The highest BCUT2D eigenvalue weighted by Gasteiger charge is 1.91. The number of nitrogens with two attached hydrogens (primary N) is 1. The molecule has 48 valence electrons. The second-order valence-corrected chi connectivity index (χ2v) is 2.77. The summed E-state index contributed by atoms with van der Waals surface area (Å²) in [5.41, 5.74) is 6.51. The largest absolute Gasteiger partial charge is 0.405 e. The van der Waals surface area contributed by atoms with Crippen molar-refractivity contribution in [2.24, 2.45) is 5.73 Å². The van der Waals surface area contributed by atoms with E-state index in [0.29, 0.717) is 0 Å². The van der Waals surface area contributed by atoms with Gasteiger partial charge in [-0.2, -0.15) is 0 Å². The Balaban J connectivity index is 2.94. The van der Waals surface area contributed by atoms with Crippen molar-refractivity contribution in [3.8, 4) is 0 Å². The first-order chi connectivity index (χ1) is 4.34. The first-order valence-electron chi connectivity index (χ1n) is 2.77. The number of rotatable bonds is 1. The van der Waals surface area contributed by atoms with Crippen LogP contribution in [0, 0.1) is 6.92 Å². The molecule has 0 aliphatic heterocycles. The van der Waals surface area contributed by atoms with Gasteiger partial charge >= 0.3 is 0 Å². The van der Waals surface area contributed by atoms with E-state index in [1.165, 1.54) is 10.4 Å². The van der Waals surface area contributed by atoms with Gasteiger partial charge in [-0.1, -0.05) is 0 Å². The molecule has 0 fully saturated rings. The summed E-state index contributed by atoms with van der Waals surface area (Å²) in [5.74, 6) is 0. The van der Waals surface area contributed by atoms with Crippen molar-refractivity contribution >= 4 is 17.4 Å². The van der Waals surface area contributed by atoms with E-state index in [-0.39, 0.29) is 0 Å². The van der Waals surface area contributed by atoms with Crippen LogP contribution in [0.1, 0.15) is 10.4 Å². The molecule has 0 saturated carbocycles. The van der Waals surface area contributed by atoms with E-state index in [4.69, 9.17) is 5.73 Å². The molecule has 9 heavy (non-hydrogen) atoms. The Hall–Kier alpha value is -0.760. The molecule has 0 aliphatic carbocycles. The second kappa shape index (κ2) is 2.69. The van der Waals surface area contributed by atoms with Crippen LogP contribution < -0.4 is 5.73 Å². The molecule has 1 heterocycles. The molecule has 0 aromatic carbocycles. The zero-order valence-corrected chi connectivity index (χ0v) is 6.11. The molecular weight excluding hydrogens is 130 g/mol. The lowest BCUT2D eigenvalue weighted by atomic mass is 10.3. The average Bonchev–Trinajstić information content (AvgIpc) is 2.18. The Morgan fingerprint density at radius 2 is 2.44 bits per heavy atom. The van der Waals surface area contributed by atoms with Gasteiger partial charge in [0.1, 0.15) is 0 Å². The van der Waals surface area contributed by atoms with Gasteiger partial charge in [0.15, 0.2) is 0 Å². The van der Waals surface area contributed by atoms with Crippen LogP contribution in [0.25, 0.3) is 6.08 Å². The maximum Gasteiger partial charge on any atom is 0.0313 e. The fraction of sp³-hybridized carbons (Fsp3) is 0.143. The standard InChI is InChI=1S/C7H9NS/c1-6-3-5-9-7(6)2-4-8/h2-5H,8H2,1H3/b4-2+. The van der Waals surface area contributed by atoms with Crippen molar-refractivity contribution < 1.29 is 0 Å². The SMILES string of the molecule is Cc1ccsc1/C=C/N. The minimum Gasteiger partial charge on any atom is -0.405 e. The topological polar surface area (TPSA) is 26.0 Å². The van der Waals surface area contributed by atoms with Gasteiger partial charge in [-0.25, -0.2) is 0 Å². The maximum atomic E-state index is 5.21. The summed E-state index contributed by atoms with van der Waals surface area (Å²) in [7, 11) is 0. The van der Waals surface area contributed by atoms with Gasteiger partial charge in [-0.05, 0) is 36.2 Å². The van der Waals surface area contributed by atoms with Gasteiger partial charge in [0, 0.05) is 4.88 Å². The van der Waals surface area contributed by atoms with Crippen LogP contribution >= 0.6 is 11.3 Å². The van der Waals surface area contributed by atoms with E-state index in [9.17, 15) is 0 Å². The number of hydrogen-bond acceptors (Lipinski definition) is 2. The summed E-state index contributed by atoms with van der Waals surface area (Å²) in [6, 6.07) is 2.08. The highest BCUT2D eigenvalue weighted by atomic mass is 32.1. The van der Waals surface area contributed by atoms with Crippen molar-refractivity contribution in [1.82, 2.24) is 0 Å². The zero-order valence-electron chi connectivity index (χ0n) is 5.29. The highest BCUT2D eigenvalue weighted by molar-refractivity contribution is 7.11. The van der Waals surface area contributed by atoms with E-state index >= 15 is 0 Å². The lowest BCUT2D eigenvalue weighted by molar-refractivity contribution is 1.53. The van der Waals surface area contributed by atoms with Crippen molar-refractivity contribution in [2.75, 3.05) is 0 Å². The van der Waals surface area contributed by atoms with Crippen LogP contribution in [-0.4, -0.2) is 0 Å². The summed E-state index contributed by atoms with van der Waals surface area (Å²) in [6.07, 6.45) is 3.48. The molecule has 2 heteroatoms. The van der Waals surface area contributed by atoms with Crippen LogP contribution in [0.15, 0.2) is 17.6 Å². The smallest absolute Gasteiger partial charge is 0.0313 e. The molecule has 2 N–H and O–H groups in total. The first-order valence-corrected chi connectivity index (χ1v) is 3.65. The van der Waals surface area contributed by atoms with Crippen LogP contribution in [0.3, 0.4) is 0 Å². The van der Waals surface area contributed by atoms with E-state index in [0.717, 1.165) is 0 Å². The van der Waals surface area contributed by atoms with Crippen molar-refractivity contribution in [3.63, 3.8) is 0 Å². The number of thiophene rings is 1. The third kappa shape index (κ3) is 1.33. The third-order valence-corrected chi connectivity index (χ3v) is 2.13. The quantitative estimate of drug-likeness (QED) is 0.632.